The molecule has 1 amide bonds. The molecule has 0 radical (unpaired) electrons. The van der Waals surface area contributed by atoms with Gasteiger partial charge in [-0.15, -0.1) is 0 Å². The maximum absolute atomic E-state index is 13.1. The number of carbonyl (C=O) groups excluding carboxylic acids is 1. The highest BCUT2D eigenvalue weighted by molar-refractivity contribution is 5.98. The van der Waals surface area contributed by atoms with E-state index in [1.54, 1.807) is 12.5 Å². The summed E-state index contributed by atoms with van der Waals surface area (Å²) in [6, 6.07) is 6.03. The number of likely N-dealkylation sites (tertiary alicyclic amines) is 1. The molecule has 0 unspecified atom stereocenters. The molecular formula is C19H26N4O. The number of nitrogens with one attached hydrogen (secondary N) is 1. The molecule has 5 nitrogen and oxygen atoms in total. The zero-order valence-corrected chi connectivity index (χ0v) is 14.5. The van der Waals surface area contributed by atoms with E-state index >= 15 is 0 Å². The van der Waals surface area contributed by atoms with E-state index in [-0.39, 0.29) is 5.91 Å². The van der Waals surface area contributed by atoms with Crippen LogP contribution in [0.2, 0.25) is 0 Å². The lowest BCUT2D eigenvalue weighted by Gasteiger charge is -2.32. The third kappa shape index (κ3) is 3.67. The summed E-state index contributed by atoms with van der Waals surface area (Å²) in [5.41, 5.74) is 2.77. The zero-order valence-electron chi connectivity index (χ0n) is 14.5. The topological polar surface area (TPSA) is 50.2 Å². The molecule has 1 fully saturated rings. The number of piperidine rings is 1. The van der Waals surface area contributed by atoms with E-state index < -0.39 is 0 Å². The average molecular weight is 326 g/mol. The molecule has 2 aromatic rings. The number of hydrogen-bond donors (Lipinski definition) is 1. The Morgan fingerprint density at radius 1 is 1.33 bits per heavy atom. The predicted molar refractivity (Wildman–Crippen MR) is 95.5 cm³/mol. The first-order valence-corrected chi connectivity index (χ1v) is 8.72. The first-order chi connectivity index (χ1) is 11.7. The molecule has 1 saturated heterocycles. The summed E-state index contributed by atoms with van der Waals surface area (Å²) in [5, 5.41) is 3.21. The van der Waals surface area contributed by atoms with Crippen molar-refractivity contribution in [2.75, 3.05) is 26.7 Å². The second-order valence-corrected chi connectivity index (χ2v) is 6.62. The molecule has 0 spiro atoms. The number of amides is 1. The summed E-state index contributed by atoms with van der Waals surface area (Å²) in [4.78, 5) is 19.2. The van der Waals surface area contributed by atoms with Crippen LogP contribution in [-0.2, 0) is 0 Å². The van der Waals surface area contributed by atoms with E-state index in [1.807, 2.05) is 47.8 Å². The van der Waals surface area contributed by atoms with Crippen LogP contribution in [0, 0.1) is 12.8 Å². The van der Waals surface area contributed by atoms with Gasteiger partial charge in [-0.25, -0.2) is 4.98 Å². The van der Waals surface area contributed by atoms with Crippen molar-refractivity contribution in [3.8, 4) is 5.69 Å². The normalized spacial score (nSPS) is 15.7. The van der Waals surface area contributed by atoms with Gasteiger partial charge in [-0.1, -0.05) is 11.6 Å². The number of carbonyl (C=O) groups is 1. The summed E-state index contributed by atoms with van der Waals surface area (Å²) < 4.78 is 1.91. The smallest absolute Gasteiger partial charge is 0.255 e. The Bertz CT molecular complexity index is 673. The minimum Gasteiger partial charge on any atom is -0.339 e. The molecule has 24 heavy (non-hydrogen) atoms. The van der Waals surface area contributed by atoms with Crippen molar-refractivity contribution in [1.82, 2.24) is 19.8 Å². The molecule has 0 saturated carbocycles. The van der Waals surface area contributed by atoms with Gasteiger partial charge in [0.15, 0.2) is 0 Å². The molecule has 1 aromatic carbocycles. The van der Waals surface area contributed by atoms with Crippen LogP contribution in [0.1, 0.15) is 35.2 Å². The molecule has 0 aliphatic carbocycles. The van der Waals surface area contributed by atoms with Crippen LogP contribution in [0.3, 0.4) is 0 Å². The highest BCUT2D eigenvalue weighted by Gasteiger charge is 2.25. The van der Waals surface area contributed by atoms with Gasteiger partial charge in [0.05, 0.1) is 17.6 Å². The molecule has 1 N–H and O–H groups in total. The van der Waals surface area contributed by atoms with Crippen molar-refractivity contribution < 1.29 is 4.79 Å². The van der Waals surface area contributed by atoms with Crippen LogP contribution in [0.5, 0.6) is 0 Å². The highest BCUT2D eigenvalue weighted by Crippen LogP contribution is 2.24. The average Bonchev–Trinajstić information content (AvgIpc) is 3.14. The fourth-order valence-electron chi connectivity index (χ4n) is 3.39. The summed E-state index contributed by atoms with van der Waals surface area (Å²) in [6.07, 6.45) is 8.75. The zero-order chi connectivity index (χ0) is 16.9. The van der Waals surface area contributed by atoms with Crippen LogP contribution in [-0.4, -0.2) is 47.0 Å². The van der Waals surface area contributed by atoms with E-state index in [0.29, 0.717) is 0 Å². The Morgan fingerprint density at radius 2 is 2.12 bits per heavy atom. The molecule has 1 aliphatic rings. The largest absolute Gasteiger partial charge is 0.339 e. The molecule has 0 bridgehead atoms. The Labute approximate surface area is 143 Å². The van der Waals surface area contributed by atoms with Gasteiger partial charge in [0.2, 0.25) is 0 Å². The third-order valence-corrected chi connectivity index (χ3v) is 4.87. The van der Waals surface area contributed by atoms with Gasteiger partial charge >= 0.3 is 0 Å². The Kier molecular flexibility index (Phi) is 5.30. The second kappa shape index (κ2) is 7.62. The lowest BCUT2D eigenvalue weighted by atomic mass is 9.93. The quantitative estimate of drug-likeness (QED) is 0.919. The molecule has 2 heterocycles. The summed E-state index contributed by atoms with van der Waals surface area (Å²) in [7, 11) is 1.99. The molecular weight excluding hydrogens is 300 g/mol. The minimum atomic E-state index is 0.134. The summed E-state index contributed by atoms with van der Waals surface area (Å²) in [5.74, 6) is 0.863. The van der Waals surface area contributed by atoms with Crippen LogP contribution in [0.15, 0.2) is 36.9 Å². The van der Waals surface area contributed by atoms with Crippen LogP contribution < -0.4 is 5.32 Å². The second-order valence-electron chi connectivity index (χ2n) is 6.62. The number of imidazole rings is 1. The van der Waals surface area contributed by atoms with E-state index in [2.05, 4.69) is 10.3 Å². The van der Waals surface area contributed by atoms with Gasteiger partial charge in [-0.3, -0.25) is 4.79 Å². The Balaban J connectivity index is 1.75. The molecule has 128 valence electrons. The van der Waals surface area contributed by atoms with Crippen molar-refractivity contribution in [1.29, 1.82) is 0 Å². The van der Waals surface area contributed by atoms with Gasteiger partial charge in [0, 0.05) is 25.5 Å². The standard InChI is InChI=1S/C19H26N4O/c1-15-3-4-18(23-12-9-21-14-23)17(13-15)19(24)22-10-6-16(7-11-22)5-8-20-2/h3-4,9,12-14,16,20H,5-8,10-11H2,1-2H3. The van der Waals surface area contributed by atoms with Gasteiger partial charge in [0.25, 0.3) is 5.91 Å². The van der Waals surface area contributed by atoms with Crippen molar-refractivity contribution in [2.45, 2.75) is 26.2 Å². The molecule has 1 aliphatic heterocycles. The van der Waals surface area contributed by atoms with E-state index in [0.717, 1.165) is 55.2 Å². The SMILES string of the molecule is CNCCC1CCN(C(=O)c2cc(C)ccc2-n2ccnc2)CC1. The molecule has 3 rings (SSSR count). The number of hydrogen-bond acceptors (Lipinski definition) is 3. The van der Waals surface area contributed by atoms with Crippen LogP contribution >= 0.6 is 0 Å². The Morgan fingerprint density at radius 3 is 2.79 bits per heavy atom. The minimum absolute atomic E-state index is 0.134. The molecule has 0 atom stereocenters. The fraction of sp³-hybridized carbons (Fsp3) is 0.474. The maximum Gasteiger partial charge on any atom is 0.255 e. The van der Waals surface area contributed by atoms with Crippen molar-refractivity contribution in [3.05, 3.63) is 48.0 Å². The first kappa shape index (κ1) is 16.7. The molecule has 1 aromatic heterocycles. The van der Waals surface area contributed by atoms with Crippen LogP contribution in [0.25, 0.3) is 5.69 Å². The van der Waals surface area contributed by atoms with E-state index in [4.69, 9.17) is 0 Å². The first-order valence-electron chi connectivity index (χ1n) is 8.72. The summed E-state index contributed by atoms with van der Waals surface area (Å²) in [6.45, 7) is 4.79. The van der Waals surface area contributed by atoms with E-state index in [1.165, 1.54) is 6.42 Å². The van der Waals surface area contributed by atoms with Gasteiger partial charge in [0.1, 0.15) is 0 Å². The number of aromatic nitrogens is 2. The Hall–Kier alpha value is -2.14. The monoisotopic (exact) mass is 326 g/mol. The van der Waals surface area contributed by atoms with Crippen LogP contribution in [0.4, 0.5) is 0 Å². The number of rotatable bonds is 5. The van der Waals surface area contributed by atoms with Gasteiger partial charge in [-0.2, -0.15) is 0 Å². The maximum atomic E-state index is 13.1. The van der Waals surface area contributed by atoms with Crippen molar-refractivity contribution >= 4 is 5.91 Å². The van der Waals surface area contributed by atoms with Gasteiger partial charge < -0.3 is 14.8 Å². The fourth-order valence-corrected chi connectivity index (χ4v) is 3.39. The summed E-state index contributed by atoms with van der Waals surface area (Å²) >= 11 is 0. The van der Waals surface area contributed by atoms with Gasteiger partial charge in [-0.05, 0) is 57.8 Å². The number of benzene rings is 1. The molecule has 5 heteroatoms. The van der Waals surface area contributed by atoms with Crippen molar-refractivity contribution in [2.24, 2.45) is 5.92 Å². The lowest BCUT2D eigenvalue weighted by molar-refractivity contribution is 0.0687. The lowest BCUT2D eigenvalue weighted by Crippen LogP contribution is -2.39. The van der Waals surface area contributed by atoms with Crippen molar-refractivity contribution in [3.63, 3.8) is 0 Å². The number of aryl methyl sites for hydroxylation is 1. The number of nitrogens with zero attached hydrogens (tertiary/aromatic N) is 3. The predicted octanol–water partition coefficient (Wildman–Crippen LogP) is 2.64. The highest BCUT2D eigenvalue weighted by atomic mass is 16.2. The van der Waals surface area contributed by atoms with E-state index in [9.17, 15) is 4.79 Å². The third-order valence-electron chi connectivity index (χ3n) is 4.87.